The molecule has 0 saturated carbocycles. The average molecular weight is 300 g/mol. The summed E-state index contributed by atoms with van der Waals surface area (Å²) in [6, 6.07) is 8.80. The highest BCUT2D eigenvalue weighted by molar-refractivity contribution is 5.49. The molecule has 1 aliphatic rings. The van der Waals surface area contributed by atoms with Crippen molar-refractivity contribution in [3.63, 3.8) is 0 Å². The molecule has 4 nitrogen and oxygen atoms in total. The van der Waals surface area contributed by atoms with Gasteiger partial charge in [-0.1, -0.05) is 6.92 Å². The van der Waals surface area contributed by atoms with Crippen LogP contribution in [0.1, 0.15) is 18.4 Å². The SMILES string of the molecule is CCc1cc(N2CCN(c3ccc(F)cc3)CC2)nc(C)n1. The van der Waals surface area contributed by atoms with Crippen LogP contribution in [-0.2, 0) is 6.42 Å². The quantitative estimate of drug-likeness (QED) is 0.872. The summed E-state index contributed by atoms with van der Waals surface area (Å²) in [6.45, 7) is 7.70. The third kappa shape index (κ3) is 3.18. The van der Waals surface area contributed by atoms with Crippen molar-refractivity contribution in [2.45, 2.75) is 20.3 Å². The monoisotopic (exact) mass is 300 g/mol. The highest BCUT2D eigenvalue weighted by atomic mass is 19.1. The number of hydrogen-bond acceptors (Lipinski definition) is 4. The zero-order chi connectivity index (χ0) is 15.5. The van der Waals surface area contributed by atoms with Gasteiger partial charge in [0.15, 0.2) is 0 Å². The van der Waals surface area contributed by atoms with Gasteiger partial charge < -0.3 is 9.80 Å². The third-order valence-corrected chi connectivity index (χ3v) is 4.04. The summed E-state index contributed by atoms with van der Waals surface area (Å²) in [5.74, 6) is 1.66. The maximum absolute atomic E-state index is 13.0. The van der Waals surface area contributed by atoms with Crippen LogP contribution in [0.2, 0.25) is 0 Å². The lowest BCUT2D eigenvalue weighted by Gasteiger charge is -2.36. The first-order valence-corrected chi connectivity index (χ1v) is 7.75. The Labute approximate surface area is 130 Å². The average Bonchev–Trinajstić information content (AvgIpc) is 2.55. The Kier molecular flexibility index (Phi) is 4.22. The van der Waals surface area contributed by atoms with Crippen LogP contribution in [0.3, 0.4) is 0 Å². The van der Waals surface area contributed by atoms with Gasteiger partial charge in [-0.2, -0.15) is 0 Å². The van der Waals surface area contributed by atoms with Gasteiger partial charge in [0.1, 0.15) is 17.5 Å². The molecule has 0 aliphatic carbocycles. The van der Waals surface area contributed by atoms with E-state index in [1.165, 1.54) is 12.1 Å². The lowest BCUT2D eigenvalue weighted by atomic mass is 10.2. The normalized spacial score (nSPS) is 15.2. The summed E-state index contributed by atoms with van der Waals surface area (Å²) in [5, 5.41) is 0. The second kappa shape index (κ2) is 6.30. The van der Waals surface area contributed by atoms with Crippen molar-refractivity contribution in [3.8, 4) is 0 Å². The molecule has 5 heteroatoms. The van der Waals surface area contributed by atoms with Crippen LogP contribution in [0, 0.1) is 12.7 Å². The van der Waals surface area contributed by atoms with E-state index in [-0.39, 0.29) is 5.82 Å². The van der Waals surface area contributed by atoms with Gasteiger partial charge in [0.05, 0.1) is 0 Å². The van der Waals surface area contributed by atoms with Gasteiger partial charge in [0.25, 0.3) is 0 Å². The van der Waals surface area contributed by atoms with E-state index < -0.39 is 0 Å². The summed E-state index contributed by atoms with van der Waals surface area (Å²) in [7, 11) is 0. The fraction of sp³-hybridized carbons (Fsp3) is 0.412. The topological polar surface area (TPSA) is 32.3 Å². The second-order valence-electron chi connectivity index (χ2n) is 5.57. The van der Waals surface area contributed by atoms with Crippen molar-refractivity contribution in [3.05, 3.63) is 47.7 Å². The summed E-state index contributed by atoms with van der Waals surface area (Å²) < 4.78 is 13.0. The number of aryl methyl sites for hydroxylation is 2. The smallest absolute Gasteiger partial charge is 0.132 e. The minimum atomic E-state index is -0.189. The predicted molar refractivity (Wildman–Crippen MR) is 87.0 cm³/mol. The molecule has 0 bridgehead atoms. The summed E-state index contributed by atoms with van der Waals surface area (Å²) in [6.07, 6.45) is 0.923. The number of benzene rings is 1. The third-order valence-electron chi connectivity index (χ3n) is 4.04. The minimum Gasteiger partial charge on any atom is -0.368 e. The predicted octanol–water partition coefficient (Wildman–Crippen LogP) is 2.81. The van der Waals surface area contributed by atoms with Gasteiger partial charge >= 0.3 is 0 Å². The van der Waals surface area contributed by atoms with Crippen LogP contribution in [0.15, 0.2) is 30.3 Å². The largest absolute Gasteiger partial charge is 0.368 e. The highest BCUT2D eigenvalue weighted by Crippen LogP contribution is 2.20. The number of piperazine rings is 1. The fourth-order valence-electron chi connectivity index (χ4n) is 2.80. The van der Waals surface area contributed by atoms with Crippen molar-refractivity contribution >= 4 is 11.5 Å². The summed E-state index contributed by atoms with van der Waals surface area (Å²) in [5.41, 5.74) is 2.16. The molecule has 3 rings (SSSR count). The maximum atomic E-state index is 13.0. The minimum absolute atomic E-state index is 0.189. The van der Waals surface area contributed by atoms with Crippen molar-refractivity contribution < 1.29 is 4.39 Å². The highest BCUT2D eigenvalue weighted by Gasteiger charge is 2.19. The number of rotatable bonds is 3. The van der Waals surface area contributed by atoms with E-state index in [0.717, 1.165) is 55.6 Å². The number of nitrogens with zero attached hydrogens (tertiary/aromatic N) is 4. The van der Waals surface area contributed by atoms with Crippen molar-refractivity contribution in [2.75, 3.05) is 36.0 Å². The van der Waals surface area contributed by atoms with E-state index in [9.17, 15) is 4.39 Å². The van der Waals surface area contributed by atoms with E-state index in [0.29, 0.717) is 0 Å². The Morgan fingerprint density at radius 3 is 2.27 bits per heavy atom. The molecular weight excluding hydrogens is 279 g/mol. The molecule has 116 valence electrons. The first kappa shape index (κ1) is 14.8. The standard InChI is InChI=1S/C17H21FN4/c1-3-15-12-17(20-13(2)19-15)22-10-8-21(9-11-22)16-6-4-14(18)5-7-16/h4-7,12H,3,8-11H2,1-2H3. The molecule has 1 fully saturated rings. The van der Waals surface area contributed by atoms with E-state index >= 15 is 0 Å². The number of hydrogen-bond donors (Lipinski definition) is 0. The van der Waals surface area contributed by atoms with E-state index in [1.807, 2.05) is 19.1 Å². The van der Waals surface area contributed by atoms with Gasteiger partial charge in [-0.15, -0.1) is 0 Å². The molecule has 2 aromatic rings. The molecule has 0 radical (unpaired) electrons. The Morgan fingerprint density at radius 1 is 1.00 bits per heavy atom. The van der Waals surface area contributed by atoms with E-state index in [1.54, 1.807) is 0 Å². The lowest BCUT2D eigenvalue weighted by Crippen LogP contribution is -2.47. The molecule has 0 atom stereocenters. The molecular formula is C17H21FN4. The van der Waals surface area contributed by atoms with Crippen LogP contribution in [0.5, 0.6) is 0 Å². The van der Waals surface area contributed by atoms with Crippen molar-refractivity contribution in [1.82, 2.24) is 9.97 Å². The lowest BCUT2D eigenvalue weighted by molar-refractivity contribution is 0.624. The zero-order valence-corrected chi connectivity index (χ0v) is 13.1. The Bertz CT molecular complexity index is 634. The van der Waals surface area contributed by atoms with Gasteiger partial charge in [-0.25, -0.2) is 14.4 Å². The van der Waals surface area contributed by atoms with Crippen LogP contribution in [0.25, 0.3) is 0 Å². The van der Waals surface area contributed by atoms with Crippen LogP contribution in [0.4, 0.5) is 15.9 Å². The summed E-state index contributed by atoms with van der Waals surface area (Å²) in [4.78, 5) is 13.6. The number of halogens is 1. The first-order valence-electron chi connectivity index (χ1n) is 7.75. The van der Waals surface area contributed by atoms with Gasteiger partial charge in [-0.05, 0) is 37.6 Å². The van der Waals surface area contributed by atoms with Crippen molar-refractivity contribution in [2.24, 2.45) is 0 Å². The molecule has 0 N–H and O–H groups in total. The van der Waals surface area contributed by atoms with E-state index in [2.05, 4.69) is 32.8 Å². The molecule has 0 unspecified atom stereocenters. The first-order chi connectivity index (χ1) is 10.7. The summed E-state index contributed by atoms with van der Waals surface area (Å²) >= 11 is 0. The maximum Gasteiger partial charge on any atom is 0.132 e. The molecule has 22 heavy (non-hydrogen) atoms. The van der Waals surface area contributed by atoms with Crippen LogP contribution in [-0.4, -0.2) is 36.1 Å². The second-order valence-corrected chi connectivity index (χ2v) is 5.57. The number of aromatic nitrogens is 2. The Balaban J connectivity index is 1.69. The van der Waals surface area contributed by atoms with Crippen LogP contribution < -0.4 is 9.80 Å². The molecule has 2 heterocycles. The molecule has 1 saturated heterocycles. The molecule has 0 amide bonds. The molecule has 1 aromatic heterocycles. The number of anilines is 2. The van der Waals surface area contributed by atoms with Gasteiger partial charge in [0.2, 0.25) is 0 Å². The van der Waals surface area contributed by atoms with Gasteiger partial charge in [-0.3, -0.25) is 0 Å². The zero-order valence-electron chi connectivity index (χ0n) is 13.1. The fourth-order valence-corrected chi connectivity index (χ4v) is 2.80. The molecule has 1 aliphatic heterocycles. The molecule has 0 spiro atoms. The van der Waals surface area contributed by atoms with E-state index in [4.69, 9.17) is 0 Å². The Hall–Kier alpha value is -2.17. The Morgan fingerprint density at radius 2 is 1.64 bits per heavy atom. The molecule has 1 aromatic carbocycles. The van der Waals surface area contributed by atoms with Crippen molar-refractivity contribution in [1.29, 1.82) is 0 Å². The van der Waals surface area contributed by atoms with Gasteiger partial charge in [0, 0.05) is 43.6 Å². The van der Waals surface area contributed by atoms with Crippen LogP contribution >= 0.6 is 0 Å².